The second-order valence-corrected chi connectivity index (χ2v) is 2.24. The maximum Gasteiger partial charge on any atom is 0.256 e. The minimum Gasteiger partial charge on any atom is -0.383 e. The molecule has 1 rings (SSSR count). The molecule has 0 aliphatic heterocycles. The number of nitrogen functional groups attached to an aromatic ring is 1. The van der Waals surface area contributed by atoms with E-state index in [0.29, 0.717) is 18.7 Å². The van der Waals surface area contributed by atoms with Crippen LogP contribution in [-0.4, -0.2) is 29.2 Å². The summed E-state index contributed by atoms with van der Waals surface area (Å²) in [6, 6.07) is 0. The Morgan fingerprint density at radius 2 is 2.50 bits per heavy atom. The van der Waals surface area contributed by atoms with Crippen LogP contribution in [0.2, 0.25) is 0 Å². The first-order valence-electron chi connectivity index (χ1n) is 3.53. The number of aromatic nitrogens is 2. The Labute approximate surface area is 69.3 Å². The number of H-pyrrole nitrogens is 1. The number of carbonyl (C=O) groups excluding carboxylic acids is 1. The molecule has 12 heavy (non-hydrogen) atoms. The summed E-state index contributed by atoms with van der Waals surface area (Å²) in [5, 5.41) is 8.64. The SMILES string of the molecule is NCCNC(=O)c1cn[nH]c1N. The van der Waals surface area contributed by atoms with Crippen LogP contribution in [0.5, 0.6) is 0 Å². The van der Waals surface area contributed by atoms with Gasteiger partial charge in [-0.15, -0.1) is 0 Å². The Hall–Kier alpha value is -1.56. The van der Waals surface area contributed by atoms with Crippen molar-refractivity contribution in [3.05, 3.63) is 11.8 Å². The molecule has 1 aromatic rings. The maximum absolute atomic E-state index is 11.2. The Balaban J connectivity index is 2.59. The minimum atomic E-state index is -0.258. The summed E-state index contributed by atoms with van der Waals surface area (Å²) >= 11 is 0. The molecule has 1 heterocycles. The molecule has 1 amide bonds. The molecule has 6 heteroatoms. The summed E-state index contributed by atoms with van der Waals surface area (Å²) in [4.78, 5) is 11.2. The highest BCUT2D eigenvalue weighted by Gasteiger charge is 2.09. The van der Waals surface area contributed by atoms with Gasteiger partial charge in [-0.1, -0.05) is 0 Å². The standard InChI is InChI=1S/C6H11N5O/c7-1-2-9-6(12)4-3-10-11-5(4)8/h3H,1-2,7H2,(H,9,12)(H3,8,10,11). The predicted octanol–water partition coefficient (Wildman–Crippen LogP) is -1.32. The molecule has 0 saturated heterocycles. The molecule has 6 nitrogen and oxygen atoms in total. The molecule has 0 unspecified atom stereocenters. The molecule has 0 aliphatic rings. The van der Waals surface area contributed by atoms with Crippen molar-refractivity contribution in [1.82, 2.24) is 15.5 Å². The largest absolute Gasteiger partial charge is 0.383 e. The Bertz CT molecular complexity index is 269. The summed E-state index contributed by atoms with van der Waals surface area (Å²) in [5.41, 5.74) is 11.0. The van der Waals surface area contributed by atoms with Gasteiger partial charge in [-0.05, 0) is 0 Å². The summed E-state index contributed by atoms with van der Waals surface area (Å²) in [7, 11) is 0. The van der Waals surface area contributed by atoms with Gasteiger partial charge >= 0.3 is 0 Å². The lowest BCUT2D eigenvalue weighted by molar-refractivity contribution is 0.0955. The second kappa shape index (κ2) is 3.72. The fourth-order valence-electron chi connectivity index (χ4n) is 0.758. The van der Waals surface area contributed by atoms with Crippen LogP contribution in [0.25, 0.3) is 0 Å². The predicted molar refractivity (Wildman–Crippen MR) is 44.4 cm³/mol. The fraction of sp³-hybridized carbons (Fsp3) is 0.333. The van der Waals surface area contributed by atoms with Gasteiger partial charge in [0.1, 0.15) is 11.4 Å². The van der Waals surface area contributed by atoms with Crippen LogP contribution in [0.3, 0.4) is 0 Å². The molecule has 0 atom stereocenters. The smallest absolute Gasteiger partial charge is 0.256 e. The van der Waals surface area contributed by atoms with Crippen LogP contribution >= 0.6 is 0 Å². The van der Waals surface area contributed by atoms with Crippen molar-refractivity contribution in [1.29, 1.82) is 0 Å². The van der Waals surface area contributed by atoms with E-state index in [0.717, 1.165) is 0 Å². The van der Waals surface area contributed by atoms with Gasteiger partial charge in [0.2, 0.25) is 0 Å². The van der Waals surface area contributed by atoms with Gasteiger partial charge in [-0.2, -0.15) is 5.10 Å². The molecule has 1 aromatic heterocycles. The third-order valence-electron chi connectivity index (χ3n) is 1.34. The third kappa shape index (κ3) is 1.73. The number of nitrogens with one attached hydrogen (secondary N) is 2. The molecular weight excluding hydrogens is 158 g/mol. The van der Waals surface area contributed by atoms with Crippen LogP contribution in [0.1, 0.15) is 10.4 Å². The zero-order valence-electron chi connectivity index (χ0n) is 6.50. The van der Waals surface area contributed by atoms with E-state index in [2.05, 4.69) is 15.5 Å². The highest BCUT2D eigenvalue weighted by atomic mass is 16.1. The van der Waals surface area contributed by atoms with E-state index in [9.17, 15) is 4.79 Å². The Kier molecular flexibility index (Phi) is 2.65. The molecular formula is C6H11N5O. The zero-order valence-corrected chi connectivity index (χ0v) is 6.50. The topological polar surface area (TPSA) is 110 Å². The Morgan fingerprint density at radius 3 is 3.00 bits per heavy atom. The highest BCUT2D eigenvalue weighted by molar-refractivity contribution is 5.98. The van der Waals surface area contributed by atoms with Gasteiger partial charge in [0, 0.05) is 13.1 Å². The summed E-state index contributed by atoms with van der Waals surface area (Å²) < 4.78 is 0. The lowest BCUT2D eigenvalue weighted by atomic mass is 10.3. The number of amides is 1. The highest BCUT2D eigenvalue weighted by Crippen LogP contribution is 2.04. The van der Waals surface area contributed by atoms with E-state index in [-0.39, 0.29) is 11.7 Å². The van der Waals surface area contributed by atoms with Gasteiger partial charge in [-0.25, -0.2) is 0 Å². The number of hydrogen-bond donors (Lipinski definition) is 4. The number of hydrogen-bond acceptors (Lipinski definition) is 4. The van der Waals surface area contributed by atoms with E-state index in [4.69, 9.17) is 11.5 Å². The van der Waals surface area contributed by atoms with Gasteiger partial charge in [0.05, 0.1) is 6.20 Å². The number of anilines is 1. The molecule has 0 fully saturated rings. The molecule has 0 bridgehead atoms. The second-order valence-electron chi connectivity index (χ2n) is 2.24. The van der Waals surface area contributed by atoms with Crippen molar-refractivity contribution in [3.8, 4) is 0 Å². The van der Waals surface area contributed by atoms with Crippen molar-refractivity contribution in [2.75, 3.05) is 18.8 Å². The van der Waals surface area contributed by atoms with E-state index in [1.165, 1.54) is 6.20 Å². The van der Waals surface area contributed by atoms with Gasteiger partial charge < -0.3 is 16.8 Å². The minimum absolute atomic E-state index is 0.258. The van der Waals surface area contributed by atoms with Crippen molar-refractivity contribution >= 4 is 11.7 Å². The first kappa shape index (κ1) is 8.54. The summed E-state index contributed by atoms with van der Waals surface area (Å²) in [5.74, 6) is 0.0104. The molecule has 0 radical (unpaired) electrons. The lowest BCUT2D eigenvalue weighted by Crippen LogP contribution is -2.29. The molecule has 0 aliphatic carbocycles. The van der Waals surface area contributed by atoms with Crippen LogP contribution in [0, 0.1) is 0 Å². The zero-order chi connectivity index (χ0) is 8.97. The van der Waals surface area contributed by atoms with Gasteiger partial charge in [0.15, 0.2) is 0 Å². The van der Waals surface area contributed by atoms with Crippen LogP contribution in [0.15, 0.2) is 6.20 Å². The van der Waals surface area contributed by atoms with Crippen molar-refractivity contribution in [3.63, 3.8) is 0 Å². The van der Waals surface area contributed by atoms with E-state index in [1.54, 1.807) is 0 Å². The van der Waals surface area contributed by atoms with Crippen molar-refractivity contribution < 1.29 is 4.79 Å². The van der Waals surface area contributed by atoms with Gasteiger partial charge in [0.25, 0.3) is 5.91 Å². The van der Waals surface area contributed by atoms with E-state index < -0.39 is 0 Å². The number of aromatic amines is 1. The fourth-order valence-corrected chi connectivity index (χ4v) is 0.758. The van der Waals surface area contributed by atoms with Gasteiger partial charge in [-0.3, -0.25) is 9.89 Å². The maximum atomic E-state index is 11.2. The summed E-state index contributed by atoms with van der Waals surface area (Å²) in [6.07, 6.45) is 1.38. The lowest BCUT2D eigenvalue weighted by Gasteiger charge is -2.00. The normalized spacial score (nSPS) is 9.75. The number of nitrogens with two attached hydrogens (primary N) is 2. The number of nitrogens with zero attached hydrogens (tertiary/aromatic N) is 1. The first-order chi connectivity index (χ1) is 5.75. The van der Waals surface area contributed by atoms with E-state index >= 15 is 0 Å². The quantitative estimate of drug-likeness (QED) is 0.449. The summed E-state index contributed by atoms with van der Waals surface area (Å²) in [6.45, 7) is 0.840. The number of carbonyl (C=O) groups is 1. The molecule has 0 saturated carbocycles. The first-order valence-corrected chi connectivity index (χ1v) is 3.53. The van der Waals surface area contributed by atoms with Crippen LogP contribution in [0.4, 0.5) is 5.82 Å². The monoisotopic (exact) mass is 169 g/mol. The molecule has 6 N–H and O–H groups in total. The van der Waals surface area contributed by atoms with Crippen LogP contribution in [-0.2, 0) is 0 Å². The molecule has 0 spiro atoms. The van der Waals surface area contributed by atoms with Crippen molar-refractivity contribution in [2.45, 2.75) is 0 Å². The molecule has 66 valence electrons. The third-order valence-corrected chi connectivity index (χ3v) is 1.34. The van der Waals surface area contributed by atoms with Crippen LogP contribution < -0.4 is 16.8 Å². The average molecular weight is 169 g/mol. The Morgan fingerprint density at radius 1 is 1.75 bits per heavy atom. The van der Waals surface area contributed by atoms with Crippen molar-refractivity contribution in [2.24, 2.45) is 5.73 Å². The average Bonchev–Trinajstić information content (AvgIpc) is 2.47. The number of rotatable bonds is 3. The van der Waals surface area contributed by atoms with E-state index in [1.807, 2.05) is 0 Å². The molecule has 0 aromatic carbocycles.